The third-order valence-electron chi connectivity index (χ3n) is 4.17. The zero-order valence-corrected chi connectivity index (χ0v) is 18.6. The summed E-state index contributed by atoms with van der Waals surface area (Å²) < 4.78 is 1.00. The van der Waals surface area contributed by atoms with E-state index in [9.17, 15) is 29.1 Å². The first kappa shape index (κ1) is 26.1. The quantitative estimate of drug-likeness (QED) is 0.157. The van der Waals surface area contributed by atoms with Gasteiger partial charge in [0, 0.05) is 22.1 Å². The zero-order valence-electron chi connectivity index (χ0n) is 16.5. The fraction of sp³-hybridized carbons (Fsp3) is 0.421. The standard InChI is InChI=1S/C19H24IN3O8/c20-12-6-4-11(5-7-12)16(26)21-10-2-1-3-13(17(27)28)22-19(31)23-14(18(29)30)8-9-15(24)25/h4-7,13-14H,1-3,8-10H2,(H,21,26)(H,24,25)(H,27,28)(H,29,30)(H2,22,23,31)/t13-,14+/m1/s1. The number of aliphatic carboxylic acids is 3. The molecule has 12 heteroatoms. The number of hydrogen-bond acceptors (Lipinski definition) is 5. The number of carbonyl (C=O) groups is 5. The highest BCUT2D eigenvalue weighted by Gasteiger charge is 2.24. The maximum atomic E-state index is 12.0. The van der Waals surface area contributed by atoms with Crippen molar-refractivity contribution in [2.24, 2.45) is 0 Å². The van der Waals surface area contributed by atoms with Crippen molar-refractivity contribution in [1.29, 1.82) is 0 Å². The van der Waals surface area contributed by atoms with Crippen LogP contribution in [0.1, 0.15) is 42.5 Å². The van der Waals surface area contributed by atoms with Crippen LogP contribution in [0.5, 0.6) is 0 Å². The van der Waals surface area contributed by atoms with Gasteiger partial charge in [-0.1, -0.05) is 0 Å². The van der Waals surface area contributed by atoms with Crippen LogP contribution in [0.2, 0.25) is 0 Å². The Morgan fingerprint density at radius 1 is 0.839 bits per heavy atom. The summed E-state index contributed by atoms with van der Waals surface area (Å²) in [5.41, 5.74) is 0.512. The van der Waals surface area contributed by atoms with Crippen molar-refractivity contribution in [3.63, 3.8) is 0 Å². The van der Waals surface area contributed by atoms with Gasteiger partial charge in [-0.2, -0.15) is 0 Å². The van der Waals surface area contributed by atoms with E-state index in [4.69, 9.17) is 10.2 Å². The van der Waals surface area contributed by atoms with Crippen LogP contribution in [0.3, 0.4) is 0 Å². The molecule has 1 aromatic carbocycles. The minimum Gasteiger partial charge on any atom is -0.481 e. The second kappa shape index (κ2) is 13.4. The molecule has 0 aliphatic heterocycles. The van der Waals surface area contributed by atoms with Gasteiger partial charge in [0.15, 0.2) is 0 Å². The Kier molecular flexibility index (Phi) is 11.3. The first-order chi connectivity index (χ1) is 14.6. The molecule has 0 aromatic heterocycles. The number of halogens is 1. The van der Waals surface area contributed by atoms with Gasteiger partial charge >= 0.3 is 23.9 Å². The van der Waals surface area contributed by atoms with E-state index in [0.29, 0.717) is 24.9 Å². The molecule has 0 spiro atoms. The molecule has 0 unspecified atom stereocenters. The molecule has 1 rings (SSSR count). The highest BCUT2D eigenvalue weighted by Crippen LogP contribution is 2.07. The molecule has 1 aromatic rings. The molecule has 3 amide bonds. The monoisotopic (exact) mass is 549 g/mol. The van der Waals surface area contributed by atoms with Crippen LogP contribution in [0, 0.1) is 3.57 Å². The van der Waals surface area contributed by atoms with E-state index in [1.807, 2.05) is 0 Å². The second-order valence-electron chi connectivity index (χ2n) is 6.59. The van der Waals surface area contributed by atoms with E-state index in [-0.39, 0.29) is 18.7 Å². The number of rotatable bonds is 13. The number of urea groups is 1. The van der Waals surface area contributed by atoms with Gasteiger partial charge in [-0.3, -0.25) is 9.59 Å². The highest BCUT2D eigenvalue weighted by atomic mass is 127. The average molecular weight is 549 g/mol. The molecule has 6 N–H and O–H groups in total. The van der Waals surface area contributed by atoms with E-state index in [2.05, 4.69) is 38.5 Å². The van der Waals surface area contributed by atoms with Crippen LogP contribution < -0.4 is 16.0 Å². The molecule has 11 nitrogen and oxygen atoms in total. The van der Waals surface area contributed by atoms with Crippen molar-refractivity contribution < 1.29 is 39.3 Å². The van der Waals surface area contributed by atoms with E-state index < -0.39 is 42.4 Å². The number of amides is 3. The maximum Gasteiger partial charge on any atom is 0.326 e. The van der Waals surface area contributed by atoms with Gasteiger partial charge in [0.1, 0.15) is 12.1 Å². The van der Waals surface area contributed by atoms with Gasteiger partial charge in [0.05, 0.1) is 0 Å². The molecule has 0 fully saturated rings. The Morgan fingerprint density at radius 3 is 1.90 bits per heavy atom. The fourth-order valence-electron chi connectivity index (χ4n) is 2.52. The number of benzene rings is 1. The summed E-state index contributed by atoms with van der Waals surface area (Å²) in [7, 11) is 0. The van der Waals surface area contributed by atoms with Gasteiger partial charge in [-0.25, -0.2) is 14.4 Å². The predicted molar refractivity (Wildman–Crippen MR) is 117 cm³/mol. The molecule has 0 aliphatic carbocycles. The van der Waals surface area contributed by atoms with Gasteiger partial charge < -0.3 is 31.3 Å². The van der Waals surface area contributed by atoms with Crippen LogP contribution in [0.4, 0.5) is 4.79 Å². The van der Waals surface area contributed by atoms with Crippen molar-refractivity contribution in [3.05, 3.63) is 33.4 Å². The minimum atomic E-state index is -1.46. The number of nitrogens with one attached hydrogen (secondary N) is 3. The number of hydrogen-bond donors (Lipinski definition) is 6. The number of unbranched alkanes of at least 4 members (excludes halogenated alkanes) is 1. The van der Waals surface area contributed by atoms with Gasteiger partial charge in [0.2, 0.25) is 0 Å². The molecule has 0 bridgehead atoms. The lowest BCUT2D eigenvalue weighted by molar-refractivity contribution is -0.140. The Morgan fingerprint density at radius 2 is 1.39 bits per heavy atom. The molecule has 0 radical (unpaired) electrons. The molecule has 2 atom stereocenters. The third-order valence-corrected chi connectivity index (χ3v) is 4.88. The zero-order chi connectivity index (χ0) is 23.4. The Bertz CT molecular complexity index is 800. The van der Waals surface area contributed by atoms with Gasteiger partial charge in [-0.05, 0) is 72.5 Å². The summed E-state index contributed by atoms with van der Waals surface area (Å²) in [5, 5.41) is 33.9. The number of carbonyl (C=O) groups excluding carboxylic acids is 2. The molecular formula is C19H24IN3O8. The average Bonchev–Trinajstić information content (AvgIpc) is 2.69. The largest absolute Gasteiger partial charge is 0.481 e. The van der Waals surface area contributed by atoms with Crippen LogP contribution >= 0.6 is 22.6 Å². The van der Waals surface area contributed by atoms with E-state index in [1.165, 1.54) is 0 Å². The molecule has 170 valence electrons. The predicted octanol–water partition coefficient (Wildman–Crippen LogP) is 1.26. The summed E-state index contributed by atoms with van der Waals surface area (Å²) in [6, 6.07) is 3.27. The van der Waals surface area contributed by atoms with Crippen molar-refractivity contribution in [2.75, 3.05) is 6.54 Å². The Hall–Kier alpha value is -2.90. The van der Waals surface area contributed by atoms with Gasteiger partial charge in [-0.15, -0.1) is 0 Å². The molecule has 31 heavy (non-hydrogen) atoms. The number of carboxylic acids is 3. The topological polar surface area (TPSA) is 182 Å². The third kappa shape index (κ3) is 10.6. The van der Waals surface area contributed by atoms with E-state index in [1.54, 1.807) is 24.3 Å². The SMILES string of the molecule is O=C(O)CC[C@H](NC(=O)N[C@H](CCCCNC(=O)c1ccc(I)cc1)C(=O)O)C(=O)O. The summed E-state index contributed by atoms with van der Waals surface area (Å²) >= 11 is 2.13. The summed E-state index contributed by atoms with van der Waals surface area (Å²) in [5.74, 6) is -4.18. The first-order valence-corrected chi connectivity index (χ1v) is 10.5. The van der Waals surface area contributed by atoms with Crippen molar-refractivity contribution in [3.8, 4) is 0 Å². The van der Waals surface area contributed by atoms with Crippen molar-refractivity contribution in [1.82, 2.24) is 16.0 Å². The first-order valence-electron chi connectivity index (χ1n) is 9.38. The lowest BCUT2D eigenvalue weighted by atomic mass is 10.1. The molecule has 0 saturated heterocycles. The van der Waals surface area contributed by atoms with Crippen LogP contribution in [0.25, 0.3) is 0 Å². The molecule has 0 saturated carbocycles. The lowest BCUT2D eigenvalue weighted by Crippen LogP contribution is -2.51. The fourth-order valence-corrected chi connectivity index (χ4v) is 2.88. The maximum absolute atomic E-state index is 12.0. The smallest absolute Gasteiger partial charge is 0.326 e. The lowest BCUT2D eigenvalue weighted by Gasteiger charge is -2.18. The van der Waals surface area contributed by atoms with E-state index in [0.717, 1.165) is 3.57 Å². The molecule has 0 heterocycles. The normalized spacial score (nSPS) is 12.3. The van der Waals surface area contributed by atoms with Crippen LogP contribution in [-0.2, 0) is 14.4 Å². The summed E-state index contributed by atoms with van der Waals surface area (Å²) in [6.07, 6.45) is 0.115. The summed E-state index contributed by atoms with van der Waals surface area (Å²) in [6.45, 7) is 0.319. The molecule has 0 aliphatic rings. The number of carboxylic acid groups (broad SMARTS) is 3. The second-order valence-corrected chi connectivity index (χ2v) is 7.84. The Balaban J connectivity index is 2.41. The highest BCUT2D eigenvalue weighted by molar-refractivity contribution is 14.1. The van der Waals surface area contributed by atoms with E-state index >= 15 is 0 Å². The van der Waals surface area contributed by atoms with Gasteiger partial charge in [0.25, 0.3) is 5.91 Å². The summed E-state index contributed by atoms with van der Waals surface area (Å²) in [4.78, 5) is 56.9. The minimum absolute atomic E-state index is 0.0645. The Labute approximate surface area is 191 Å². The van der Waals surface area contributed by atoms with Crippen LogP contribution in [-0.4, -0.2) is 63.8 Å². The molecular weight excluding hydrogens is 525 g/mol. The van der Waals surface area contributed by atoms with Crippen LogP contribution in [0.15, 0.2) is 24.3 Å². The van der Waals surface area contributed by atoms with Crippen molar-refractivity contribution in [2.45, 2.75) is 44.2 Å². The van der Waals surface area contributed by atoms with Crippen molar-refractivity contribution >= 4 is 52.4 Å².